The summed E-state index contributed by atoms with van der Waals surface area (Å²) in [5.41, 5.74) is 3.48. The number of para-hydroxylation sites is 1. The fourth-order valence-electron chi connectivity index (χ4n) is 4.73. The number of carbonyl (C=O) groups is 2. The van der Waals surface area contributed by atoms with Crippen molar-refractivity contribution in [2.75, 3.05) is 18.6 Å². The zero-order valence-electron chi connectivity index (χ0n) is 22.9. The minimum Gasteiger partial charge on any atom is -0.507 e. The maximum atomic E-state index is 13.5. The monoisotopic (exact) mass is 513 g/mol. The van der Waals surface area contributed by atoms with Crippen molar-refractivity contribution >= 4 is 23.1 Å². The fraction of sp³-hybridized carbons (Fsp3) is 0.312. The second-order valence-corrected chi connectivity index (χ2v) is 10.5. The van der Waals surface area contributed by atoms with E-state index in [1.54, 1.807) is 31.4 Å². The van der Waals surface area contributed by atoms with Gasteiger partial charge >= 0.3 is 0 Å². The summed E-state index contributed by atoms with van der Waals surface area (Å²) >= 11 is 0. The Bertz CT molecular complexity index is 1380. The number of Topliss-reactive ketones (excluding diaryl/α,β-unsaturated/α-hetero) is 1. The van der Waals surface area contributed by atoms with Gasteiger partial charge in [0, 0.05) is 16.8 Å². The topological polar surface area (TPSA) is 76.1 Å². The predicted molar refractivity (Wildman–Crippen MR) is 150 cm³/mol. The van der Waals surface area contributed by atoms with E-state index in [9.17, 15) is 14.7 Å². The lowest BCUT2D eigenvalue weighted by Gasteiger charge is -2.27. The number of hydrogen-bond acceptors (Lipinski definition) is 5. The minimum absolute atomic E-state index is 0.0148. The molecule has 0 aliphatic carbocycles. The highest BCUT2D eigenvalue weighted by Crippen LogP contribution is 2.45. The third-order valence-corrected chi connectivity index (χ3v) is 6.80. The van der Waals surface area contributed by atoms with E-state index in [0.29, 0.717) is 34.9 Å². The van der Waals surface area contributed by atoms with Crippen molar-refractivity contribution in [1.29, 1.82) is 0 Å². The molecule has 198 valence electrons. The van der Waals surface area contributed by atoms with E-state index in [1.807, 2.05) is 56.3 Å². The molecule has 0 radical (unpaired) electrons. The molecule has 1 unspecified atom stereocenters. The number of aryl methyl sites for hydroxylation is 1. The summed E-state index contributed by atoms with van der Waals surface area (Å²) in [5, 5.41) is 11.5. The van der Waals surface area contributed by atoms with Crippen LogP contribution in [0.1, 0.15) is 62.4 Å². The van der Waals surface area contributed by atoms with Crippen LogP contribution in [0.3, 0.4) is 0 Å². The van der Waals surface area contributed by atoms with Gasteiger partial charge in [0.1, 0.15) is 17.3 Å². The molecule has 6 nitrogen and oxygen atoms in total. The van der Waals surface area contributed by atoms with Gasteiger partial charge < -0.3 is 14.6 Å². The van der Waals surface area contributed by atoms with Gasteiger partial charge in [-0.15, -0.1) is 0 Å². The summed E-state index contributed by atoms with van der Waals surface area (Å²) in [6.45, 7) is 10.8. The Morgan fingerprint density at radius 1 is 0.974 bits per heavy atom. The molecule has 1 aliphatic heterocycles. The third kappa shape index (κ3) is 5.03. The maximum absolute atomic E-state index is 13.5. The van der Waals surface area contributed by atoms with Crippen LogP contribution in [0.15, 0.2) is 72.3 Å². The number of aliphatic hydroxyl groups excluding tert-OH is 1. The third-order valence-electron chi connectivity index (χ3n) is 6.80. The number of carbonyl (C=O) groups excluding carboxylic acids is 2. The van der Waals surface area contributed by atoms with Crippen LogP contribution in [0.4, 0.5) is 5.69 Å². The van der Waals surface area contributed by atoms with Crippen LogP contribution in [0.5, 0.6) is 11.5 Å². The van der Waals surface area contributed by atoms with Gasteiger partial charge in [-0.25, -0.2) is 0 Å². The van der Waals surface area contributed by atoms with E-state index in [2.05, 4.69) is 20.8 Å². The summed E-state index contributed by atoms with van der Waals surface area (Å²) in [6.07, 6.45) is 0.875. The number of ether oxygens (including phenoxy) is 2. The number of benzene rings is 3. The zero-order chi connectivity index (χ0) is 27.6. The average molecular weight is 514 g/mol. The zero-order valence-corrected chi connectivity index (χ0v) is 22.9. The molecule has 3 aromatic rings. The molecule has 6 heteroatoms. The number of anilines is 1. The summed E-state index contributed by atoms with van der Waals surface area (Å²) in [4.78, 5) is 28.5. The number of ketones is 1. The lowest BCUT2D eigenvalue weighted by molar-refractivity contribution is -0.132. The van der Waals surface area contributed by atoms with Crippen molar-refractivity contribution in [1.82, 2.24) is 0 Å². The first-order valence-electron chi connectivity index (χ1n) is 12.9. The molecule has 1 aliphatic rings. The minimum atomic E-state index is -0.872. The van der Waals surface area contributed by atoms with E-state index >= 15 is 0 Å². The van der Waals surface area contributed by atoms with E-state index in [1.165, 1.54) is 4.90 Å². The number of aliphatic hydroxyl groups is 1. The highest BCUT2D eigenvalue weighted by molar-refractivity contribution is 6.51. The lowest BCUT2D eigenvalue weighted by atomic mass is 9.87. The molecule has 0 saturated carbocycles. The molecule has 0 spiro atoms. The Kier molecular flexibility index (Phi) is 7.63. The van der Waals surface area contributed by atoms with Crippen LogP contribution in [0.2, 0.25) is 0 Å². The SMILES string of the molecule is CCCOc1ccc(/C(O)=C2\C(=O)C(=O)N(c3ccc(C(C)(C)C)cc3)C2c2ccccc2OC)cc1C. The second kappa shape index (κ2) is 10.7. The van der Waals surface area contributed by atoms with Gasteiger partial charge in [0.05, 0.1) is 25.3 Å². The van der Waals surface area contributed by atoms with Gasteiger partial charge in [0.2, 0.25) is 0 Å². The Morgan fingerprint density at radius 3 is 2.26 bits per heavy atom. The van der Waals surface area contributed by atoms with E-state index in [4.69, 9.17) is 9.47 Å². The average Bonchev–Trinajstić information content (AvgIpc) is 3.17. The second-order valence-electron chi connectivity index (χ2n) is 10.5. The highest BCUT2D eigenvalue weighted by Gasteiger charge is 2.48. The quantitative estimate of drug-likeness (QED) is 0.216. The number of nitrogens with zero attached hydrogens (tertiary/aromatic N) is 1. The number of methoxy groups -OCH3 is 1. The van der Waals surface area contributed by atoms with Gasteiger partial charge in [-0.3, -0.25) is 14.5 Å². The highest BCUT2D eigenvalue weighted by atomic mass is 16.5. The lowest BCUT2D eigenvalue weighted by Crippen LogP contribution is -2.29. The first kappa shape index (κ1) is 27.0. The number of hydrogen-bond donors (Lipinski definition) is 1. The van der Waals surface area contributed by atoms with E-state index < -0.39 is 17.7 Å². The summed E-state index contributed by atoms with van der Waals surface area (Å²) in [5.74, 6) is -0.462. The molecule has 1 amide bonds. The van der Waals surface area contributed by atoms with Gasteiger partial charge in [-0.05, 0) is 66.3 Å². The van der Waals surface area contributed by atoms with Crippen LogP contribution in [0, 0.1) is 6.92 Å². The van der Waals surface area contributed by atoms with Crippen molar-refractivity contribution in [3.63, 3.8) is 0 Å². The fourth-order valence-corrected chi connectivity index (χ4v) is 4.73. The molecule has 1 N–H and O–H groups in total. The Morgan fingerprint density at radius 2 is 1.66 bits per heavy atom. The molecule has 3 aromatic carbocycles. The van der Waals surface area contributed by atoms with Crippen molar-refractivity contribution in [2.45, 2.75) is 52.5 Å². The molecule has 0 bridgehead atoms. The van der Waals surface area contributed by atoms with Crippen molar-refractivity contribution in [3.8, 4) is 11.5 Å². The first-order valence-corrected chi connectivity index (χ1v) is 12.9. The molecule has 1 atom stereocenters. The van der Waals surface area contributed by atoms with Gasteiger partial charge in [0.25, 0.3) is 11.7 Å². The molecular formula is C32H35NO5. The van der Waals surface area contributed by atoms with Gasteiger partial charge in [-0.1, -0.05) is 58.0 Å². The molecule has 1 heterocycles. The van der Waals surface area contributed by atoms with E-state index in [-0.39, 0.29) is 16.7 Å². The molecular weight excluding hydrogens is 478 g/mol. The summed E-state index contributed by atoms with van der Waals surface area (Å²) < 4.78 is 11.4. The van der Waals surface area contributed by atoms with Crippen molar-refractivity contribution < 1.29 is 24.2 Å². The van der Waals surface area contributed by atoms with Crippen molar-refractivity contribution in [2.24, 2.45) is 0 Å². The summed E-state index contributed by atoms with van der Waals surface area (Å²) in [6, 6.07) is 19.2. The molecule has 38 heavy (non-hydrogen) atoms. The van der Waals surface area contributed by atoms with Gasteiger partial charge in [0.15, 0.2) is 0 Å². The van der Waals surface area contributed by atoms with Crippen LogP contribution in [-0.2, 0) is 15.0 Å². The number of amides is 1. The Hall–Kier alpha value is -4.06. The van der Waals surface area contributed by atoms with Crippen LogP contribution < -0.4 is 14.4 Å². The number of rotatable bonds is 7. The standard InChI is InChI=1S/C32H35NO5/c1-7-18-38-25-17-12-21(19-20(25)2)29(34)27-28(24-10-8-9-11-26(24)37-6)33(31(36)30(27)35)23-15-13-22(14-16-23)32(3,4)5/h8-17,19,28,34H,7,18H2,1-6H3/b29-27+. The Balaban J connectivity index is 1.89. The van der Waals surface area contributed by atoms with Crippen LogP contribution in [0.25, 0.3) is 5.76 Å². The Labute approximate surface area is 224 Å². The first-order chi connectivity index (χ1) is 18.1. The maximum Gasteiger partial charge on any atom is 0.300 e. The smallest absolute Gasteiger partial charge is 0.300 e. The van der Waals surface area contributed by atoms with Crippen LogP contribution in [-0.4, -0.2) is 30.5 Å². The summed E-state index contributed by atoms with van der Waals surface area (Å²) in [7, 11) is 1.54. The molecule has 4 rings (SSSR count). The molecule has 1 fully saturated rings. The van der Waals surface area contributed by atoms with Gasteiger partial charge in [-0.2, -0.15) is 0 Å². The van der Waals surface area contributed by atoms with Crippen LogP contribution >= 0.6 is 0 Å². The van der Waals surface area contributed by atoms with Crippen molar-refractivity contribution in [3.05, 3.63) is 94.6 Å². The molecule has 1 saturated heterocycles. The van der Waals surface area contributed by atoms with E-state index in [0.717, 1.165) is 17.5 Å². The largest absolute Gasteiger partial charge is 0.507 e. The predicted octanol–water partition coefficient (Wildman–Crippen LogP) is 6.72. The molecule has 0 aromatic heterocycles. The normalized spacial score (nSPS) is 17.1.